The predicted molar refractivity (Wildman–Crippen MR) is 103 cm³/mol. The summed E-state index contributed by atoms with van der Waals surface area (Å²) in [7, 11) is 0. The summed E-state index contributed by atoms with van der Waals surface area (Å²) < 4.78 is 0. The van der Waals surface area contributed by atoms with E-state index < -0.39 is 17.4 Å². The molecule has 1 fully saturated rings. The third kappa shape index (κ3) is 5.31. The summed E-state index contributed by atoms with van der Waals surface area (Å²) in [5.41, 5.74) is 0.653. The third-order valence-electron chi connectivity index (χ3n) is 5.41. The smallest absolute Gasteiger partial charge is 0.311 e. The van der Waals surface area contributed by atoms with Crippen LogP contribution in [0, 0.1) is 18.3 Å². The van der Waals surface area contributed by atoms with Gasteiger partial charge in [-0.3, -0.25) is 14.4 Å². The van der Waals surface area contributed by atoms with E-state index in [4.69, 9.17) is 0 Å². The normalized spacial score (nSPS) is 17.2. The van der Waals surface area contributed by atoms with Crippen LogP contribution in [0.2, 0.25) is 0 Å². The van der Waals surface area contributed by atoms with Crippen molar-refractivity contribution in [2.75, 3.05) is 6.54 Å². The number of hydrogen-bond acceptors (Lipinski definition) is 3. The molecule has 2 amide bonds. The second-order valence-electron chi connectivity index (χ2n) is 7.93. The number of hydrogen-bond donors (Lipinski definition) is 3. The molecule has 1 atom stereocenters. The number of aryl methyl sites for hydroxylation is 1. The topological polar surface area (TPSA) is 95.5 Å². The highest BCUT2D eigenvalue weighted by molar-refractivity contribution is 5.97. The number of rotatable bonds is 7. The number of nitrogens with one attached hydrogen (secondary N) is 2. The maximum absolute atomic E-state index is 12.7. The monoisotopic (exact) mass is 374 g/mol. The van der Waals surface area contributed by atoms with Crippen LogP contribution in [0.15, 0.2) is 24.3 Å². The Bertz CT molecular complexity index is 676. The molecule has 6 heteroatoms. The highest BCUT2D eigenvalue weighted by atomic mass is 16.4. The number of carboxylic acids is 1. The van der Waals surface area contributed by atoms with Gasteiger partial charge in [-0.15, -0.1) is 0 Å². The number of carboxylic acid groups (broad SMARTS) is 1. The Morgan fingerprint density at radius 2 is 1.67 bits per heavy atom. The van der Waals surface area contributed by atoms with Gasteiger partial charge >= 0.3 is 5.97 Å². The van der Waals surface area contributed by atoms with Gasteiger partial charge in [0.25, 0.3) is 5.91 Å². The molecule has 27 heavy (non-hydrogen) atoms. The lowest BCUT2D eigenvalue weighted by atomic mass is 9.74. The van der Waals surface area contributed by atoms with Crippen LogP contribution in [0.4, 0.5) is 0 Å². The van der Waals surface area contributed by atoms with Crippen LogP contribution in [-0.2, 0) is 9.59 Å². The van der Waals surface area contributed by atoms with Gasteiger partial charge in [-0.05, 0) is 37.8 Å². The van der Waals surface area contributed by atoms with Crippen molar-refractivity contribution >= 4 is 17.8 Å². The molecule has 1 aliphatic rings. The van der Waals surface area contributed by atoms with E-state index in [-0.39, 0.29) is 24.3 Å². The number of carbonyl (C=O) groups excluding carboxylic acids is 2. The fraction of sp³-hybridized carbons (Fsp3) is 0.571. The Hall–Kier alpha value is -2.37. The summed E-state index contributed by atoms with van der Waals surface area (Å²) in [6.07, 6.45) is 3.90. The summed E-state index contributed by atoms with van der Waals surface area (Å²) in [6, 6.07) is 6.43. The van der Waals surface area contributed by atoms with Crippen LogP contribution in [0.1, 0.15) is 61.9 Å². The molecule has 0 aromatic heterocycles. The Labute approximate surface area is 160 Å². The van der Waals surface area contributed by atoms with Crippen LogP contribution >= 0.6 is 0 Å². The molecule has 0 bridgehead atoms. The number of carbonyl (C=O) groups is 3. The van der Waals surface area contributed by atoms with Crippen molar-refractivity contribution in [3.05, 3.63) is 35.4 Å². The molecule has 6 nitrogen and oxygen atoms in total. The van der Waals surface area contributed by atoms with Crippen LogP contribution in [0.3, 0.4) is 0 Å². The van der Waals surface area contributed by atoms with Crippen LogP contribution in [0.25, 0.3) is 0 Å². The first-order valence-electron chi connectivity index (χ1n) is 9.64. The standard InChI is InChI=1S/C21H30N2O4/c1-14(2)17(23-18(24)16-9-7-15(3)8-10-16)19(25)22-13-21(20(26)27)11-5-4-6-12-21/h7-10,14,17H,4-6,11-13H2,1-3H3,(H,22,25)(H,23,24)(H,26,27). The zero-order chi connectivity index (χ0) is 20.0. The lowest BCUT2D eigenvalue weighted by Gasteiger charge is -2.34. The maximum Gasteiger partial charge on any atom is 0.311 e. The largest absolute Gasteiger partial charge is 0.481 e. The number of amides is 2. The van der Waals surface area contributed by atoms with E-state index in [1.807, 2.05) is 32.9 Å². The number of aliphatic carboxylic acids is 1. The van der Waals surface area contributed by atoms with E-state index in [0.29, 0.717) is 18.4 Å². The molecule has 3 N–H and O–H groups in total. The first-order chi connectivity index (χ1) is 12.7. The average Bonchev–Trinajstić information content (AvgIpc) is 2.65. The zero-order valence-corrected chi connectivity index (χ0v) is 16.4. The maximum atomic E-state index is 12.7. The fourth-order valence-electron chi connectivity index (χ4n) is 3.53. The molecule has 2 rings (SSSR count). The molecule has 1 aromatic carbocycles. The quantitative estimate of drug-likeness (QED) is 0.684. The van der Waals surface area contributed by atoms with Gasteiger partial charge in [-0.25, -0.2) is 0 Å². The highest BCUT2D eigenvalue weighted by Gasteiger charge is 2.40. The molecule has 148 valence electrons. The Morgan fingerprint density at radius 3 is 2.19 bits per heavy atom. The van der Waals surface area contributed by atoms with Crippen molar-refractivity contribution in [2.24, 2.45) is 11.3 Å². The van der Waals surface area contributed by atoms with Crippen molar-refractivity contribution in [2.45, 2.75) is 58.9 Å². The van der Waals surface area contributed by atoms with E-state index in [0.717, 1.165) is 24.8 Å². The summed E-state index contributed by atoms with van der Waals surface area (Å²) in [4.78, 5) is 36.9. The van der Waals surface area contributed by atoms with E-state index in [1.54, 1.807) is 12.1 Å². The summed E-state index contributed by atoms with van der Waals surface area (Å²) in [5, 5.41) is 15.2. The molecule has 0 aliphatic heterocycles. The Kier molecular flexibility index (Phi) is 6.99. The van der Waals surface area contributed by atoms with E-state index >= 15 is 0 Å². The second kappa shape index (κ2) is 9.02. The van der Waals surface area contributed by atoms with Crippen molar-refractivity contribution < 1.29 is 19.5 Å². The van der Waals surface area contributed by atoms with Crippen molar-refractivity contribution in [3.8, 4) is 0 Å². The molecule has 0 saturated heterocycles. The molecule has 1 unspecified atom stereocenters. The second-order valence-corrected chi connectivity index (χ2v) is 7.93. The minimum Gasteiger partial charge on any atom is -0.481 e. The number of benzene rings is 1. The Morgan fingerprint density at radius 1 is 1.07 bits per heavy atom. The molecule has 0 spiro atoms. The van der Waals surface area contributed by atoms with Gasteiger partial charge < -0.3 is 15.7 Å². The van der Waals surface area contributed by atoms with Gasteiger partial charge in [0.05, 0.1) is 5.41 Å². The van der Waals surface area contributed by atoms with Gasteiger partial charge in [-0.2, -0.15) is 0 Å². The SMILES string of the molecule is Cc1ccc(C(=O)NC(C(=O)NCC2(C(=O)O)CCCCC2)C(C)C)cc1. The predicted octanol–water partition coefficient (Wildman–Crippen LogP) is 2.90. The molecule has 1 aromatic rings. The molecule has 0 radical (unpaired) electrons. The zero-order valence-electron chi connectivity index (χ0n) is 16.4. The van der Waals surface area contributed by atoms with E-state index in [1.165, 1.54) is 0 Å². The first-order valence-corrected chi connectivity index (χ1v) is 9.64. The Balaban J connectivity index is 2.02. The van der Waals surface area contributed by atoms with Crippen LogP contribution in [-0.4, -0.2) is 35.5 Å². The van der Waals surface area contributed by atoms with E-state index in [9.17, 15) is 19.5 Å². The third-order valence-corrected chi connectivity index (χ3v) is 5.41. The van der Waals surface area contributed by atoms with Gasteiger partial charge in [0.1, 0.15) is 6.04 Å². The van der Waals surface area contributed by atoms with Crippen LogP contribution < -0.4 is 10.6 Å². The molecular formula is C21H30N2O4. The average molecular weight is 374 g/mol. The minimum absolute atomic E-state index is 0.102. The van der Waals surface area contributed by atoms with Gasteiger partial charge in [0.15, 0.2) is 0 Å². The lowest BCUT2D eigenvalue weighted by molar-refractivity contribution is -0.151. The van der Waals surface area contributed by atoms with Crippen molar-refractivity contribution in [3.63, 3.8) is 0 Å². The van der Waals surface area contributed by atoms with Crippen LogP contribution in [0.5, 0.6) is 0 Å². The lowest BCUT2D eigenvalue weighted by Crippen LogP contribution is -2.53. The van der Waals surface area contributed by atoms with Gasteiger partial charge in [0.2, 0.25) is 5.91 Å². The molecular weight excluding hydrogens is 344 g/mol. The van der Waals surface area contributed by atoms with Crippen molar-refractivity contribution in [1.29, 1.82) is 0 Å². The first kappa shape index (κ1) is 20.9. The van der Waals surface area contributed by atoms with E-state index in [2.05, 4.69) is 10.6 Å². The summed E-state index contributed by atoms with van der Waals surface area (Å²) >= 11 is 0. The fourth-order valence-corrected chi connectivity index (χ4v) is 3.53. The van der Waals surface area contributed by atoms with Gasteiger partial charge in [-0.1, -0.05) is 50.8 Å². The molecule has 1 saturated carbocycles. The van der Waals surface area contributed by atoms with Crippen molar-refractivity contribution in [1.82, 2.24) is 10.6 Å². The summed E-state index contributed by atoms with van der Waals surface area (Å²) in [5.74, 6) is -1.62. The van der Waals surface area contributed by atoms with Gasteiger partial charge in [0, 0.05) is 12.1 Å². The minimum atomic E-state index is -0.892. The molecule has 1 aliphatic carbocycles. The molecule has 0 heterocycles. The summed E-state index contributed by atoms with van der Waals surface area (Å²) in [6.45, 7) is 5.75. The highest BCUT2D eigenvalue weighted by Crippen LogP contribution is 2.36.